The molecular formula is C42H62O2. The molecular weight excluding hydrogens is 536 g/mol. The Morgan fingerprint density at radius 2 is 1.18 bits per heavy atom. The molecule has 0 aromatic rings. The van der Waals surface area contributed by atoms with Crippen LogP contribution < -0.4 is 0 Å². The van der Waals surface area contributed by atoms with Crippen molar-refractivity contribution in [1.82, 2.24) is 0 Å². The van der Waals surface area contributed by atoms with Crippen molar-refractivity contribution < 1.29 is 10.2 Å². The van der Waals surface area contributed by atoms with Crippen LogP contribution in [0.4, 0.5) is 0 Å². The molecule has 0 aromatic heterocycles. The molecule has 0 saturated carbocycles. The lowest BCUT2D eigenvalue weighted by atomic mass is 9.67. The quantitative estimate of drug-likeness (QED) is 0.194. The van der Waals surface area contributed by atoms with Gasteiger partial charge in [0.1, 0.15) is 0 Å². The van der Waals surface area contributed by atoms with Gasteiger partial charge in [0, 0.05) is 5.92 Å². The molecule has 0 saturated heterocycles. The zero-order chi connectivity index (χ0) is 33.5. The second-order valence-electron chi connectivity index (χ2n) is 13.7. The number of aliphatic hydroxyl groups is 2. The van der Waals surface area contributed by atoms with Gasteiger partial charge >= 0.3 is 0 Å². The summed E-state index contributed by atoms with van der Waals surface area (Å²) >= 11 is 0. The van der Waals surface area contributed by atoms with Gasteiger partial charge < -0.3 is 10.2 Å². The van der Waals surface area contributed by atoms with E-state index < -0.39 is 0 Å². The molecule has 242 valence electrons. The van der Waals surface area contributed by atoms with E-state index in [1.165, 1.54) is 39.0 Å². The molecule has 2 heteroatoms. The molecule has 44 heavy (non-hydrogen) atoms. The van der Waals surface area contributed by atoms with Crippen LogP contribution in [0.1, 0.15) is 102 Å². The number of aliphatic hydroxyl groups excluding tert-OH is 2. The average Bonchev–Trinajstić information content (AvgIpc) is 2.90. The monoisotopic (exact) mass is 598 g/mol. The standard InChI is InChI=1S/C40H56O2.C2H6/c1-29(17-13-19-31(3)21-23-37-33(5)25-35(41)27-39(37,7)8)15-11-12-16-30(2)18-14-20-32(4)22-24-38-34(6)26-36(42)28-40(38,9)10;1-2/h11-25,35-37,41-42H,26-28H2,1-10H3;1-2H3/b12-11+,17-13+,18-14+,23-21+,24-22+,29-15+,30-16+,31-19+,32-20+;. The minimum Gasteiger partial charge on any atom is -0.393 e. The average molecular weight is 599 g/mol. The first-order valence-electron chi connectivity index (χ1n) is 16.4. The van der Waals surface area contributed by atoms with Crippen LogP contribution in [0, 0.1) is 16.7 Å². The molecule has 0 heterocycles. The molecule has 0 fully saturated rings. The minimum atomic E-state index is -0.331. The first kappa shape index (κ1) is 39.1. The van der Waals surface area contributed by atoms with E-state index in [4.69, 9.17) is 0 Å². The number of hydrogen-bond acceptors (Lipinski definition) is 2. The van der Waals surface area contributed by atoms with Gasteiger partial charge in [-0.2, -0.15) is 0 Å². The highest BCUT2D eigenvalue weighted by Gasteiger charge is 2.34. The summed E-state index contributed by atoms with van der Waals surface area (Å²) in [5.41, 5.74) is 8.73. The summed E-state index contributed by atoms with van der Waals surface area (Å²) < 4.78 is 0. The first-order chi connectivity index (χ1) is 20.6. The van der Waals surface area contributed by atoms with E-state index in [-0.39, 0.29) is 23.0 Å². The Labute approximate surface area is 271 Å². The molecule has 0 radical (unpaired) electrons. The Morgan fingerprint density at radius 3 is 1.68 bits per heavy atom. The number of rotatable bonds is 10. The topological polar surface area (TPSA) is 40.5 Å². The lowest BCUT2D eigenvalue weighted by Crippen LogP contribution is -2.32. The maximum atomic E-state index is 10.1. The molecule has 0 bridgehead atoms. The molecule has 0 aromatic carbocycles. The van der Waals surface area contributed by atoms with Crippen molar-refractivity contribution >= 4 is 0 Å². The largest absolute Gasteiger partial charge is 0.393 e. The van der Waals surface area contributed by atoms with E-state index in [9.17, 15) is 10.2 Å². The maximum Gasteiger partial charge on any atom is 0.0729 e. The van der Waals surface area contributed by atoms with Gasteiger partial charge in [0.05, 0.1) is 12.2 Å². The van der Waals surface area contributed by atoms with Gasteiger partial charge in [-0.25, -0.2) is 0 Å². The molecule has 0 aliphatic heterocycles. The summed E-state index contributed by atoms with van der Waals surface area (Å²) in [4.78, 5) is 0. The fourth-order valence-corrected chi connectivity index (χ4v) is 6.14. The molecule has 3 atom stereocenters. The van der Waals surface area contributed by atoms with Crippen molar-refractivity contribution in [3.05, 3.63) is 130 Å². The zero-order valence-corrected chi connectivity index (χ0v) is 29.9. The van der Waals surface area contributed by atoms with E-state index in [0.717, 1.165) is 19.3 Å². The normalized spacial score (nSPS) is 25.5. The van der Waals surface area contributed by atoms with Gasteiger partial charge in [-0.1, -0.05) is 166 Å². The zero-order valence-electron chi connectivity index (χ0n) is 29.9. The van der Waals surface area contributed by atoms with Crippen LogP contribution in [-0.2, 0) is 0 Å². The van der Waals surface area contributed by atoms with E-state index in [1.807, 2.05) is 19.9 Å². The van der Waals surface area contributed by atoms with Crippen LogP contribution in [0.5, 0.6) is 0 Å². The first-order valence-corrected chi connectivity index (χ1v) is 16.4. The SMILES string of the molecule is CC.CC1=CC(O)CC(C)(C)C1/C=C/C(C)=C/C=C/C(C)=C/C=C/C=C(C)/C=C/C=C(C)/C=C/C1=C(C)CC(O)CC1(C)C. The van der Waals surface area contributed by atoms with Gasteiger partial charge in [-0.05, 0) is 77.2 Å². The van der Waals surface area contributed by atoms with Gasteiger partial charge in [0.2, 0.25) is 0 Å². The summed E-state index contributed by atoms with van der Waals surface area (Å²) in [7, 11) is 0. The highest BCUT2D eigenvalue weighted by molar-refractivity contribution is 5.38. The Kier molecular flexibility index (Phi) is 16.7. The highest BCUT2D eigenvalue weighted by atomic mass is 16.3. The second-order valence-corrected chi connectivity index (χ2v) is 13.7. The Balaban J connectivity index is 0.00000474. The van der Waals surface area contributed by atoms with Crippen LogP contribution in [0.15, 0.2) is 130 Å². The summed E-state index contributed by atoms with van der Waals surface area (Å²) in [6.45, 7) is 25.6. The third-order valence-electron chi connectivity index (χ3n) is 8.33. The minimum absolute atomic E-state index is 0.00528. The Hall–Kier alpha value is -2.94. The summed E-state index contributed by atoms with van der Waals surface area (Å²) in [6, 6.07) is 0. The van der Waals surface area contributed by atoms with Crippen molar-refractivity contribution in [1.29, 1.82) is 0 Å². The molecule has 3 unspecified atom stereocenters. The van der Waals surface area contributed by atoms with Gasteiger partial charge in [0.25, 0.3) is 0 Å². The van der Waals surface area contributed by atoms with E-state index >= 15 is 0 Å². The third kappa shape index (κ3) is 13.8. The Morgan fingerprint density at radius 1 is 0.705 bits per heavy atom. The van der Waals surface area contributed by atoms with Gasteiger partial charge in [-0.15, -0.1) is 0 Å². The molecule has 2 aliphatic rings. The van der Waals surface area contributed by atoms with Crippen LogP contribution in [0.2, 0.25) is 0 Å². The Bertz CT molecular complexity index is 1270. The fraction of sp³-hybridized carbons (Fsp3) is 0.476. The molecule has 2 aliphatic carbocycles. The van der Waals surface area contributed by atoms with Crippen molar-refractivity contribution in [2.45, 2.75) is 115 Å². The predicted molar refractivity (Wildman–Crippen MR) is 195 cm³/mol. The van der Waals surface area contributed by atoms with Crippen LogP contribution in [0.3, 0.4) is 0 Å². The molecule has 0 amide bonds. The van der Waals surface area contributed by atoms with E-state index in [0.29, 0.717) is 5.92 Å². The predicted octanol–water partition coefficient (Wildman–Crippen LogP) is 11.4. The number of allylic oxidation sites excluding steroid dienone is 20. The molecule has 0 spiro atoms. The van der Waals surface area contributed by atoms with Crippen molar-refractivity contribution in [2.75, 3.05) is 0 Å². The van der Waals surface area contributed by atoms with Gasteiger partial charge in [-0.3, -0.25) is 0 Å². The number of hydrogen-bond donors (Lipinski definition) is 2. The van der Waals surface area contributed by atoms with E-state index in [1.54, 1.807) is 0 Å². The van der Waals surface area contributed by atoms with Crippen LogP contribution in [0.25, 0.3) is 0 Å². The maximum absolute atomic E-state index is 10.1. The third-order valence-corrected chi connectivity index (χ3v) is 8.33. The lowest BCUT2D eigenvalue weighted by Gasteiger charge is -2.38. The lowest BCUT2D eigenvalue weighted by molar-refractivity contribution is 0.116. The smallest absolute Gasteiger partial charge is 0.0729 e. The van der Waals surface area contributed by atoms with Crippen LogP contribution >= 0.6 is 0 Å². The van der Waals surface area contributed by atoms with E-state index in [2.05, 4.69) is 154 Å². The summed E-state index contributed by atoms with van der Waals surface area (Å²) in [6.07, 6.45) is 33.8. The van der Waals surface area contributed by atoms with Crippen molar-refractivity contribution in [3.63, 3.8) is 0 Å². The summed E-state index contributed by atoms with van der Waals surface area (Å²) in [5, 5.41) is 20.2. The fourth-order valence-electron chi connectivity index (χ4n) is 6.14. The highest BCUT2D eigenvalue weighted by Crippen LogP contribution is 2.42. The molecule has 2 rings (SSSR count). The van der Waals surface area contributed by atoms with Gasteiger partial charge in [0.15, 0.2) is 0 Å². The second kappa shape index (κ2) is 18.8. The van der Waals surface area contributed by atoms with Crippen molar-refractivity contribution in [2.24, 2.45) is 16.7 Å². The molecule has 2 N–H and O–H groups in total. The van der Waals surface area contributed by atoms with Crippen LogP contribution in [-0.4, -0.2) is 22.4 Å². The molecule has 2 nitrogen and oxygen atoms in total. The van der Waals surface area contributed by atoms with Crippen molar-refractivity contribution in [3.8, 4) is 0 Å². The summed E-state index contributed by atoms with van der Waals surface area (Å²) in [5.74, 6) is 0.348.